The van der Waals surface area contributed by atoms with Crippen molar-refractivity contribution in [1.29, 1.82) is 0 Å². The number of fused-ring (bicyclic) bond motifs is 1. The fourth-order valence-electron chi connectivity index (χ4n) is 4.21. The second-order valence-electron chi connectivity index (χ2n) is 9.83. The summed E-state index contributed by atoms with van der Waals surface area (Å²) in [5, 5.41) is 11.9. The molecule has 12 heteroatoms. The highest BCUT2D eigenvalue weighted by Crippen LogP contribution is 2.38. The van der Waals surface area contributed by atoms with E-state index in [1.165, 1.54) is 6.07 Å². The van der Waals surface area contributed by atoms with Crippen molar-refractivity contribution in [2.24, 2.45) is 0 Å². The van der Waals surface area contributed by atoms with E-state index < -0.39 is 11.7 Å². The maximum atomic E-state index is 15.2. The number of pyridine rings is 1. The number of carbonyl (C=O) groups excluding carboxylic acids is 2. The minimum Gasteiger partial charge on any atom is -0.344 e. The summed E-state index contributed by atoms with van der Waals surface area (Å²) in [6, 6.07) is 6.63. The summed E-state index contributed by atoms with van der Waals surface area (Å²) in [5.74, 6) is -0.227. The average molecular weight is 524 g/mol. The molecule has 3 aromatic heterocycles. The minimum atomic E-state index is -0.574. The molecular weight excluding hydrogens is 496 g/mol. The van der Waals surface area contributed by atoms with Crippen LogP contribution in [0.4, 0.5) is 10.2 Å². The maximum absolute atomic E-state index is 15.2. The van der Waals surface area contributed by atoms with Crippen LogP contribution in [0.25, 0.3) is 22.2 Å². The number of amides is 2. The first kappa shape index (κ1) is 25.0. The lowest BCUT2D eigenvalue weighted by Gasteiger charge is -2.14. The van der Waals surface area contributed by atoms with Crippen molar-refractivity contribution in [1.82, 2.24) is 30.0 Å². The summed E-state index contributed by atoms with van der Waals surface area (Å²) in [4.78, 5) is 35.3. The van der Waals surface area contributed by atoms with Crippen LogP contribution in [0.2, 0.25) is 0 Å². The highest BCUT2D eigenvalue weighted by molar-refractivity contribution is 7.35. The van der Waals surface area contributed by atoms with Gasteiger partial charge in [-0.1, -0.05) is 38.1 Å². The molecular formula is C25H27FN7O3P. The first-order valence-corrected chi connectivity index (χ1v) is 13.4. The summed E-state index contributed by atoms with van der Waals surface area (Å²) in [6.45, 7) is 8.26. The Morgan fingerprint density at radius 2 is 2.08 bits per heavy atom. The van der Waals surface area contributed by atoms with Crippen molar-refractivity contribution in [2.75, 3.05) is 18.1 Å². The van der Waals surface area contributed by atoms with Crippen LogP contribution in [0.15, 0.2) is 35.0 Å². The van der Waals surface area contributed by atoms with Gasteiger partial charge in [-0.15, -0.1) is 5.10 Å². The Hall–Kier alpha value is -3.72. The number of carbonyl (C=O) groups is 2. The van der Waals surface area contributed by atoms with Gasteiger partial charge in [0.25, 0.3) is 0 Å². The van der Waals surface area contributed by atoms with Crippen LogP contribution in [-0.2, 0) is 16.8 Å². The molecule has 2 amide bonds. The van der Waals surface area contributed by atoms with Gasteiger partial charge >= 0.3 is 11.8 Å². The molecule has 5 rings (SSSR count). The lowest BCUT2D eigenvalue weighted by atomic mass is 9.96. The minimum absolute atomic E-state index is 0.0222. The molecule has 1 aliphatic rings. The molecule has 37 heavy (non-hydrogen) atoms. The second kappa shape index (κ2) is 9.63. The van der Waals surface area contributed by atoms with Gasteiger partial charge in [-0.3, -0.25) is 14.5 Å². The van der Waals surface area contributed by atoms with Crippen molar-refractivity contribution in [2.45, 2.75) is 45.6 Å². The maximum Gasteiger partial charge on any atom is 0.315 e. The molecule has 4 heterocycles. The first-order chi connectivity index (χ1) is 17.7. The zero-order valence-corrected chi connectivity index (χ0v) is 22.0. The SMILES string of the molecule is CPn1nc(N2CCCC2=O)c2c(-c3ccc(CNC(=O)c4nc(C(C)(C)C)no4)c(F)c3)ccnc21. The van der Waals surface area contributed by atoms with Gasteiger partial charge in [0.05, 0.1) is 5.39 Å². The third-order valence-electron chi connectivity index (χ3n) is 6.19. The molecule has 10 nitrogen and oxygen atoms in total. The second-order valence-corrected chi connectivity index (χ2v) is 10.7. The van der Waals surface area contributed by atoms with Crippen LogP contribution in [0.1, 0.15) is 55.7 Å². The van der Waals surface area contributed by atoms with Gasteiger partial charge in [0.1, 0.15) is 5.82 Å². The highest BCUT2D eigenvalue weighted by atomic mass is 31.1. The molecule has 0 radical (unpaired) electrons. The van der Waals surface area contributed by atoms with Gasteiger partial charge in [0, 0.05) is 45.4 Å². The van der Waals surface area contributed by atoms with E-state index in [1.54, 1.807) is 33.7 Å². The lowest BCUT2D eigenvalue weighted by molar-refractivity contribution is -0.117. The van der Waals surface area contributed by atoms with Crippen LogP contribution in [0.3, 0.4) is 0 Å². The number of nitrogens with one attached hydrogen (secondary N) is 1. The first-order valence-electron chi connectivity index (χ1n) is 11.9. The normalized spacial score (nSPS) is 14.4. The Morgan fingerprint density at radius 1 is 1.27 bits per heavy atom. The van der Waals surface area contributed by atoms with E-state index in [0.717, 1.165) is 17.4 Å². The van der Waals surface area contributed by atoms with Crippen LogP contribution in [0.5, 0.6) is 0 Å². The molecule has 1 saturated heterocycles. The Balaban J connectivity index is 1.42. The van der Waals surface area contributed by atoms with Crippen LogP contribution >= 0.6 is 8.73 Å². The molecule has 4 aromatic rings. The van der Waals surface area contributed by atoms with Crippen LogP contribution < -0.4 is 10.2 Å². The van der Waals surface area contributed by atoms with Gasteiger partial charge in [0.2, 0.25) is 5.91 Å². The number of hydrogen-bond acceptors (Lipinski definition) is 7. The van der Waals surface area contributed by atoms with Crippen molar-refractivity contribution < 1.29 is 18.5 Å². The zero-order valence-electron chi connectivity index (χ0n) is 21.0. The standard InChI is InChI=1S/C25H27FN7O3P/c1-25(2,3)24-29-23(36-31-24)22(35)28-13-15-8-7-14(12-17(15)26)16-9-10-27-20-19(16)21(30-33(20)37-4)32-11-5-6-18(32)34/h7-10,12,37H,5-6,11,13H2,1-4H3,(H,28,35). The van der Waals surface area contributed by atoms with Crippen LogP contribution in [0, 0.1) is 5.82 Å². The predicted octanol–water partition coefficient (Wildman–Crippen LogP) is 4.05. The summed E-state index contributed by atoms with van der Waals surface area (Å²) < 4.78 is 22.0. The molecule has 1 N–H and O–H groups in total. The van der Waals surface area contributed by atoms with E-state index >= 15 is 4.39 Å². The fourth-order valence-corrected chi connectivity index (χ4v) is 4.79. The number of rotatable bonds is 6. The Labute approximate surface area is 214 Å². The highest BCUT2D eigenvalue weighted by Gasteiger charge is 2.29. The Bertz CT molecular complexity index is 1510. The lowest BCUT2D eigenvalue weighted by Crippen LogP contribution is -2.24. The average Bonchev–Trinajstić information content (AvgIpc) is 3.61. The molecule has 1 atom stereocenters. The smallest absolute Gasteiger partial charge is 0.315 e. The molecule has 1 aromatic carbocycles. The quantitative estimate of drug-likeness (QED) is 0.379. The van der Waals surface area contributed by atoms with Gasteiger partial charge in [-0.25, -0.2) is 13.8 Å². The van der Waals surface area contributed by atoms with E-state index in [1.807, 2.05) is 27.4 Å². The van der Waals surface area contributed by atoms with Crippen molar-refractivity contribution in [3.63, 3.8) is 0 Å². The van der Waals surface area contributed by atoms with Crippen molar-refractivity contribution in [3.8, 4) is 11.1 Å². The number of halogens is 1. The Morgan fingerprint density at radius 3 is 2.73 bits per heavy atom. The molecule has 0 bridgehead atoms. The third kappa shape index (κ3) is 4.71. The number of benzene rings is 1. The summed E-state index contributed by atoms with van der Waals surface area (Å²) in [6.07, 6.45) is 2.91. The topological polar surface area (TPSA) is 119 Å². The fraction of sp³-hybridized carbons (Fsp3) is 0.360. The summed E-state index contributed by atoms with van der Waals surface area (Å²) >= 11 is 0. The molecule has 1 fully saturated rings. The van der Waals surface area contributed by atoms with Crippen molar-refractivity contribution in [3.05, 3.63) is 53.6 Å². The van der Waals surface area contributed by atoms with E-state index in [0.29, 0.717) is 50.1 Å². The summed E-state index contributed by atoms with van der Waals surface area (Å²) in [5.41, 5.74) is 1.95. The summed E-state index contributed by atoms with van der Waals surface area (Å²) in [7, 11) is 0.319. The number of nitrogens with zero attached hydrogens (tertiary/aromatic N) is 6. The molecule has 0 aliphatic carbocycles. The van der Waals surface area contributed by atoms with Gasteiger partial charge in [-0.05, 0) is 36.3 Å². The van der Waals surface area contributed by atoms with E-state index in [-0.39, 0.29) is 23.8 Å². The van der Waals surface area contributed by atoms with Gasteiger partial charge in [-0.2, -0.15) is 4.98 Å². The third-order valence-corrected chi connectivity index (χ3v) is 6.92. The molecule has 1 aliphatic heterocycles. The Kier molecular flexibility index (Phi) is 6.49. The zero-order chi connectivity index (χ0) is 26.3. The predicted molar refractivity (Wildman–Crippen MR) is 138 cm³/mol. The molecule has 0 saturated carbocycles. The largest absolute Gasteiger partial charge is 0.344 e. The number of hydrogen-bond donors (Lipinski definition) is 1. The van der Waals surface area contributed by atoms with Crippen LogP contribution in [-0.4, -0.2) is 49.7 Å². The van der Waals surface area contributed by atoms with Gasteiger partial charge in [0.15, 0.2) is 17.3 Å². The number of anilines is 1. The monoisotopic (exact) mass is 523 g/mol. The van der Waals surface area contributed by atoms with E-state index in [9.17, 15) is 9.59 Å². The van der Waals surface area contributed by atoms with E-state index in [4.69, 9.17) is 4.52 Å². The molecule has 1 unspecified atom stereocenters. The molecule has 0 spiro atoms. The van der Waals surface area contributed by atoms with Gasteiger partial charge < -0.3 is 9.84 Å². The number of aromatic nitrogens is 5. The molecule has 192 valence electrons. The van der Waals surface area contributed by atoms with E-state index in [2.05, 4.69) is 25.5 Å². The van der Waals surface area contributed by atoms with Crippen molar-refractivity contribution >= 4 is 37.4 Å².